The molecule has 92 valence electrons. The van der Waals surface area contributed by atoms with E-state index in [4.69, 9.17) is 10.2 Å². The lowest BCUT2D eigenvalue weighted by molar-refractivity contribution is 0.0689. The molecular weight excluding hydrogens is 224 g/mol. The zero-order valence-electron chi connectivity index (χ0n) is 9.38. The van der Waals surface area contributed by atoms with Gasteiger partial charge in [-0.15, -0.1) is 0 Å². The molecule has 0 aliphatic carbocycles. The largest absolute Gasteiger partial charge is 0.478 e. The molecule has 1 amide bonds. The Hall–Kier alpha value is -1.95. The summed E-state index contributed by atoms with van der Waals surface area (Å²) in [6, 6.07) is 2.36. The van der Waals surface area contributed by atoms with Crippen molar-refractivity contribution in [3.05, 3.63) is 29.6 Å². The number of carboxylic acids is 1. The van der Waals surface area contributed by atoms with E-state index in [0.29, 0.717) is 6.42 Å². The number of aromatic carboxylic acids is 1. The Labute approximate surface area is 98.3 Å². The Morgan fingerprint density at radius 1 is 1.53 bits per heavy atom. The molecule has 0 spiro atoms. The highest BCUT2D eigenvalue weighted by Crippen LogP contribution is 2.06. The predicted octanol–water partition coefficient (Wildman–Crippen LogP) is 0.280. The van der Waals surface area contributed by atoms with Gasteiger partial charge in [0.2, 0.25) is 0 Å². The van der Waals surface area contributed by atoms with E-state index in [1.165, 1.54) is 18.3 Å². The number of aliphatic hydroxyl groups is 1. The van der Waals surface area contributed by atoms with Gasteiger partial charge < -0.3 is 15.5 Å². The molecule has 0 aliphatic rings. The third kappa shape index (κ3) is 3.25. The van der Waals surface area contributed by atoms with E-state index in [9.17, 15) is 9.59 Å². The van der Waals surface area contributed by atoms with E-state index in [1.54, 1.807) is 6.92 Å². The number of nitrogens with one attached hydrogen (secondary N) is 1. The summed E-state index contributed by atoms with van der Waals surface area (Å²) in [7, 11) is 0. The van der Waals surface area contributed by atoms with Crippen LogP contribution in [0.3, 0.4) is 0 Å². The third-order valence-corrected chi connectivity index (χ3v) is 2.30. The molecule has 0 fully saturated rings. The normalized spacial score (nSPS) is 11.9. The van der Waals surface area contributed by atoms with Crippen LogP contribution in [0.1, 0.15) is 34.2 Å². The number of carbonyl (C=O) groups excluding carboxylic acids is 1. The Balaban J connectivity index is 2.92. The zero-order chi connectivity index (χ0) is 12.8. The summed E-state index contributed by atoms with van der Waals surface area (Å²) >= 11 is 0. The Morgan fingerprint density at radius 3 is 2.76 bits per heavy atom. The fourth-order valence-electron chi connectivity index (χ4n) is 1.29. The van der Waals surface area contributed by atoms with Crippen molar-refractivity contribution >= 4 is 11.9 Å². The van der Waals surface area contributed by atoms with Gasteiger partial charge >= 0.3 is 5.97 Å². The van der Waals surface area contributed by atoms with E-state index in [2.05, 4.69) is 10.3 Å². The molecule has 0 bridgehead atoms. The van der Waals surface area contributed by atoms with Crippen molar-refractivity contribution in [1.82, 2.24) is 10.3 Å². The van der Waals surface area contributed by atoms with Gasteiger partial charge in [0.25, 0.3) is 5.91 Å². The molecule has 0 aromatic carbocycles. The second-order valence-electron chi connectivity index (χ2n) is 3.47. The van der Waals surface area contributed by atoms with E-state index in [-0.39, 0.29) is 17.9 Å². The van der Waals surface area contributed by atoms with E-state index in [1.807, 2.05) is 0 Å². The summed E-state index contributed by atoms with van der Waals surface area (Å²) < 4.78 is 0. The van der Waals surface area contributed by atoms with Crippen molar-refractivity contribution in [3.8, 4) is 0 Å². The zero-order valence-corrected chi connectivity index (χ0v) is 9.38. The van der Waals surface area contributed by atoms with Crippen LogP contribution in [0.2, 0.25) is 0 Å². The first-order valence-corrected chi connectivity index (χ1v) is 5.20. The van der Waals surface area contributed by atoms with Crippen molar-refractivity contribution < 1.29 is 19.8 Å². The quantitative estimate of drug-likeness (QED) is 0.684. The molecule has 17 heavy (non-hydrogen) atoms. The molecule has 3 N–H and O–H groups in total. The molecule has 1 rings (SSSR count). The number of aliphatic hydroxyl groups excluding tert-OH is 1. The average Bonchev–Trinajstić information content (AvgIpc) is 2.35. The second kappa shape index (κ2) is 5.95. The lowest BCUT2D eigenvalue weighted by Gasteiger charge is -2.14. The Morgan fingerprint density at radius 2 is 2.24 bits per heavy atom. The van der Waals surface area contributed by atoms with E-state index >= 15 is 0 Å². The van der Waals surface area contributed by atoms with Crippen LogP contribution in [-0.2, 0) is 0 Å². The summed E-state index contributed by atoms with van der Waals surface area (Å²) in [6.07, 6.45) is 1.90. The Bertz CT molecular complexity index is 416. The molecular formula is C11H14N2O4. The van der Waals surface area contributed by atoms with Gasteiger partial charge in [-0.25, -0.2) is 4.79 Å². The van der Waals surface area contributed by atoms with Crippen molar-refractivity contribution in [3.63, 3.8) is 0 Å². The maximum atomic E-state index is 11.8. The van der Waals surface area contributed by atoms with E-state index in [0.717, 1.165) is 0 Å². The first-order chi connectivity index (χ1) is 8.10. The number of aromatic nitrogens is 1. The number of rotatable bonds is 5. The number of pyridine rings is 1. The third-order valence-electron chi connectivity index (χ3n) is 2.30. The van der Waals surface area contributed by atoms with Crippen molar-refractivity contribution in [2.45, 2.75) is 19.4 Å². The van der Waals surface area contributed by atoms with Crippen molar-refractivity contribution in [2.75, 3.05) is 6.61 Å². The monoisotopic (exact) mass is 238 g/mol. The molecule has 1 aromatic heterocycles. The minimum atomic E-state index is -1.21. The highest BCUT2D eigenvalue weighted by molar-refractivity contribution is 6.03. The summed E-state index contributed by atoms with van der Waals surface area (Å²) in [5.74, 6) is -1.80. The Kier molecular flexibility index (Phi) is 4.59. The molecule has 0 unspecified atom stereocenters. The molecule has 0 saturated carbocycles. The first kappa shape index (κ1) is 13.1. The average molecular weight is 238 g/mol. The van der Waals surface area contributed by atoms with Crippen LogP contribution in [0.4, 0.5) is 0 Å². The van der Waals surface area contributed by atoms with Crippen LogP contribution >= 0.6 is 0 Å². The molecule has 0 aliphatic heterocycles. The maximum Gasteiger partial charge on any atom is 0.338 e. The predicted molar refractivity (Wildman–Crippen MR) is 59.8 cm³/mol. The van der Waals surface area contributed by atoms with Gasteiger partial charge in [0.15, 0.2) is 0 Å². The molecule has 0 saturated heterocycles. The van der Waals surface area contributed by atoms with Gasteiger partial charge in [-0.2, -0.15) is 0 Å². The maximum absolute atomic E-state index is 11.8. The number of carbonyl (C=O) groups is 2. The fourth-order valence-corrected chi connectivity index (χ4v) is 1.29. The van der Waals surface area contributed by atoms with Crippen LogP contribution in [-0.4, -0.2) is 39.7 Å². The molecule has 6 heteroatoms. The second-order valence-corrected chi connectivity index (χ2v) is 3.47. The summed E-state index contributed by atoms with van der Waals surface area (Å²) in [6.45, 7) is 1.61. The highest BCUT2D eigenvalue weighted by atomic mass is 16.4. The number of nitrogens with zero attached hydrogens (tertiary/aromatic N) is 1. The lowest BCUT2D eigenvalue weighted by atomic mass is 10.1. The summed E-state index contributed by atoms with van der Waals surface area (Å²) in [4.78, 5) is 26.4. The van der Waals surface area contributed by atoms with Gasteiger partial charge in [0.05, 0.1) is 18.2 Å². The minimum Gasteiger partial charge on any atom is -0.478 e. The summed E-state index contributed by atoms with van der Waals surface area (Å²) in [5.41, 5.74) is -0.301. The standard InChI is InChI=1S/C11H14N2O4/c1-2-7(6-14)13-10(15)9-8(11(16)17)4-3-5-12-9/h3-5,7,14H,2,6H2,1H3,(H,13,15)(H,16,17)/t7-/m1/s1. The van der Waals surface area contributed by atoms with Gasteiger partial charge in [-0.1, -0.05) is 6.92 Å². The minimum absolute atomic E-state index is 0.146. The van der Waals surface area contributed by atoms with Gasteiger partial charge in [-0.05, 0) is 18.6 Å². The van der Waals surface area contributed by atoms with Crippen LogP contribution in [0.5, 0.6) is 0 Å². The van der Waals surface area contributed by atoms with Gasteiger partial charge in [-0.3, -0.25) is 9.78 Å². The molecule has 1 heterocycles. The topological polar surface area (TPSA) is 99.5 Å². The number of hydrogen-bond acceptors (Lipinski definition) is 4. The van der Waals surface area contributed by atoms with Crippen LogP contribution in [0.25, 0.3) is 0 Å². The first-order valence-electron chi connectivity index (χ1n) is 5.20. The molecule has 1 atom stereocenters. The van der Waals surface area contributed by atoms with Crippen LogP contribution in [0, 0.1) is 0 Å². The van der Waals surface area contributed by atoms with Crippen LogP contribution in [0.15, 0.2) is 18.3 Å². The molecule has 0 radical (unpaired) electrons. The smallest absolute Gasteiger partial charge is 0.338 e. The number of carboxylic acid groups (broad SMARTS) is 1. The SMILES string of the molecule is CC[C@H](CO)NC(=O)c1ncccc1C(=O)O. The highest BCUT2D eigenvalue weighted by Gasteiger charge is 2.19. The van der Waals surface area contributed by atoms with Crippen LogP contribution < -0.4 is 5.32 Å². The number of amides is 1. The van der Waals surface area contributed by atoms with Crippen molar-refractivity contribution in [2.24, 2.45) is 0 Å². The van der Waals surface area contributed by atoms with Gasteiger partial charge in [0.1, 0.15) is 5.69 Å². The lowest BCUT2D eigenvalue weighted by Crippen LogP contribution is -2.38. The van der Waals surface area contributed by atoms with E-state index < -0.39 is 17.9 Å². The van der Waals surface area contributed by atoms with Crippen molar-refractivity contribution in [1.29, 1.82) is 0 Å². The summed E-state index contributed by atoms with van der Waals surface area (Å²) in [5, 5.41) is 20.4. The number of hydrogen-bond donors (Lipinski definition) is 3. The fraction of sp³-hybridized carbons (Fsp3) is 0.364. The molecule has 6 nitrogen and oxygen atoms in total. The molecule has 1 aromatic rings. The van der Waals surface area contributed by atoms with Gasteiger partial charge in [0, 0.05) is 6.20 Å².